The molecule has 192 valence electrons. The molecule has 0 radical (unpaired) electrons. The third kappa shape index (κ3) is 6.00. The lowest BCUT2D eigenvalue weighted by molar-refractivity contribution is 0.0925. The van der Waals surface area contributed by atoms with Gasteiger partial charge in [-0.15, -0.1) is 0 Å². The molecule has 37 heavy (non-hydrogen) atoms. The maximum atomic E-state index is 12.8. The van der Waals surface area contributed by atoms with Crippen molar-refractivity contribution in [3.05, 3.63) is 89.9 Å². The Morgan fingerprint density at radius 1 is 1.00 bits per heavy atom. The molecule has 1 saturated heterocycles. The first-order valence-corrected chi connectivity index (χ1v) is 14.2. The zero-order chi connectivity index (χ0) is 25.8. The van der Waals surface area contributed by atoms with Gasteiger partial charge in [0.1, 0.15) is 0 Å². The van der Waals surface area contributed by atoms with Crippen LogP contribution in [0.1, 0.15) is 21.8 Å². The van der Waals surface area contributed by atoms with Crippen molar-refractivity contribution in [3.63, 3.8) is 0 Å². The third-order valence-electron chi connectivity index (χ3n) is 6.67. The van der Waals surface area contributed by atoms with Crippen molar-refractivity contribution in [2.75, 3.05) is 43.9 Å². The van der Waals surface area contributed by atoms with Crippen molar-refractivity contribution in [2.45, 2.75) is 17.9 Å². The van der Waals surface area contributed by atoms with Crippen LogP contribution in [-0.4, -0.2) is 63.2 Å². The molecule has 1 amide bonds. The lowest BCUT2D eigenvalue weighted by Gasteiger charge is -2.36. The number of fused-ring (bicyclic) bond motifs is 1. The van der Waals surface area contributed by atoms with Crippen LogP contribution in [-0.2, 0) is 22.8 Å². The molecule has 1 N–H and O–H groups in total. The second-order valence-corrected chi connectivity index (χ2v) is 11.3. The minimum absolute atomic E-state index is 0.251. The largest absolute Gasteiger partial charge is 0.449 e. The Bertz CT molecular complexity index is 1480. The maximum absolute atomic E-state index is 12.8. The summed E-state index contributed by atoms with van der Waals surface area (Å²) in [5, 5.41) is 3.75. The molecule has 2 aromatic carbocycles. The fourth-order valence-electron chi connectivity index (χ4n) is 4.56. The van der Waals surface area contributed by atoms with E-state index >= 15 is 0 Å². The molecule has 9 heteroatoms. The van der Waals surface area contributed by atoms with Crippen molar-refractivity contribution in [3.8, 4) is 0 Å². The van der Waals surface area contributed by atoms with Crippen LogP contribution in [0.2, 0.25) is 0 Å². The van der Waals surface area contributed by atoms with Crippen LogP contribution in [0.3, 0.4) is 0 Å². The summed E-state index contributed by atoms with van der Waals surface area (Å²) in [6.45, 7) is 4.93. The van der Waals surface area contributed by atoms with Crippen LogP contribution in [0, 0.1) is 0 Å². The summed E-state index contributed by atoms with van der Waals surface area (Å²) < 4.78 is 29.3. The van der Waals surface area contributed by atoms with E-state index in [0.717, 1.165) is 61.5 Å². The number of nitrogens with zero attached hydrogens (tertiary/aromatic N) is 3. The quantitative estimate of drug-likeness (QED) is 0.381. The summed E-state index contributed by atoms with van der Waals surface area (Å²) in [4.78, 5) is 22.2. The van der Waals surface area contributed by atoms with Crippen LogP contribution in [0.4, 0.5) is 5.69 Å². The number of pyridine rings is 1. The van der Waals surface area contributed by atoms with E-state index in [1.165, 1.54) is 6.26 Å². The summed E-state index contributed by atoms with van der Waals surface area (Å²) in [7, 11) is -3.25. The zero-order valence-corrected chi connectivity index (χ0v) is 21.6. The molecule has 1 aliphatic rings. The van der Waals surface area contributed by atoms with Gasteiger partial charge in [0.05, 0.1) is 10.6 Å². The molecule has 8 nitrogen and oxygen atoms in total. The highest BCUT2D eigenvalue weighted by atomic mass is 32.2. The van der Waals surface area contributed by atoms with Crippen molar-refractivity contribution in [2.24, 2.45) is 0 Å². The van der Waals surface area contributed by atoms with E-state index in [2.05, 4.69) is 26.2 Å². The van der Waals surface area contributed by atoms with Gasteiger partial charge in [-0.2, -0.15) is 0 Å². The summed E-state index contributed by atoms with van der Waals surface area (Å²) in [6.07, 6.45) is 3.95. The molecule has 4 aromatic rings. The number of para-hydroxylation sites is 1. The number of benzene rings is 2. The Kier molecular flexibility index (Phi) is 7.25. The molecule has 0 unspecified atom stereocenters. The standard InChI is InChI=1S/C28H30N4O4S/c1-37(34,35)24-10-8-21(9-11-24)20-30-28(33)26-19-22-5-4-7-25(27(22)36-26)32-17-15-31(16-18-32)14-12-23-6-2-3-13-29-23/h2-11,13,19H,12,14-18,20H2,1H3,(H,30,33). The first kappa shape index (κ1) is 25.0. The van der Waals surface area contributed by atoms with E-state index in [0.29, 0.717) is 5.58 Å². The molecule has 5 rings (SSSR count). The number of sulfone groups is 1. The fourth-order valence-corrected chi connectivity index (χ4v) is 5.19. The molecule has 2 aromatic heterocycles. The molecule has 0 bridgehead atoms. The number of piperazine rings is 1. The average molecular weight is 519 g/mol. The monoisotopic (exact) mass is 518 g/mol. The van der Waals surface area contributed by atoms with Crippen LogP contribution >= 0.6 is 0 Å². The van der Waals surface area contributed by atoms with Crippen molar-refractivity contribution < 1.29 is 17.6 Å². The van der Waals surface area contributed by atoms with Gasteiger partial charge in [0.25, 0.3) is 5.91 Å². The van der Waals surface area contributed by atoms with Crippen molar-refractivity contribution >= 4 is 32.4 Å². The van der Waals surface area contributed by atoms with Gasteiger partial charge in [-0.05, 0) is 42.0 Å². The molecular formula is C28H30N4O4S. The summed E-state index contributed by atoms with van der Waals surface area (Å²) >= 11 is 0. The van der Waals surface area contributed by atoms with Gasteiger partial charge in [0, 0.05) is 69.2 Å². The molecule has 0 atom stereocenters. The molecule has 1 aliphatic heterocycles. The van der Waals surface area contributed by atoms with Gasteiger partial charge in [-0.25, -0.2) is 8.42 Å². The topological polar surface area (TPSA) is 95.8 Å². The van der Waals surface area contributed by atoms with Crippen molar-refractivity contribution in [1.29, 1.82) is 0 Å². The number of furan rings is 1. The van der Waals surface area contributed by atoms with Gasteiger partial charge in [-0.3, -0.25) is 14.7 Å². The van der Waals surface area contributed by atoms with E-state index in [-0.39, 0.29) is 23.1 Å². The number of anilines is 1. The number of hydrogen-bond acceptors (Lipinski definition) is 7. The van der Waals surface area contributed by atoms with Gasteiger partial charge in [-0.1, -0.05) is 30.3 Å². The second-order valence-electron chi connectivity index (χ2n) is 9.30. The van der Waals surface area contributed by atoms with Gasteiger partial charge < -0.3 is 14.6 Å². The van der Waals surface area contributed by atoms with Gasteiger partial charge in [0.2, 0.25) is 0 Å². The molecular weight excluding hydrogens is 488 g/mol. The van der Waals surface area contributed by atoms with Crippen LogP contribution < -0.4 is 10.2 Å². The fraction of sp³-hybridized carbons (Fsp3) is 0.286. The van der Waals surface area contributed by atoms with Crippen LogP contribution in [0.25, 0.3) is 11.0 Å². The SMILES string of the molecule is CS(=O)(=O)c1ccc(CNC(=O)c2cc3cccc(N4CCN(CCc5ccccn5)CC4)c3o2)cc1. The summed E-state index contributed by atoms with van der Waals surface area (Å²) in [5.74, 6) is -0.0575. The minimum atomic E-state index is -3.25. The van der Waals surface area contributed by atoms with Crippen LogP contribution in [0.15, 0.2) is 82.2 Å². The highest BCUT2D eigenvalue weighted by Crippen LogP contribution is 2.30. The Balaban J connectivity index is 1.20. The van der Waals surface area contributed by atoms with Gasteiger partial charge >= 0.3 is 0 Å². The normalized spacial score (nSPS) is 14.7. The Hall–Kier alpha value is -3.69. The Morgan fingerprint density at radius 2 is 1.78 bits per heavy atom. The number of amides is 1. The molecule has 0 aliphatic carbocycles. The van der Waals surface area contributed by atoms with Crippen molar-refractivity contribution in [1.82, 2.24) is 15.2 Å². The second kappa shape index (κ2) is 10.7. The molecule has 3 heterocycles. The predicted octanol–water partition coefficient (Wildman–Crippen LogP) is 3.53. The number of rotatable bonds is 8. The van der Waals surface area contributed by atoms with E-state index in [1.807, 2.05) is 36.5 Å². The highest BCUT2D eigenvalue weighted by Gasteiger charge is 2.21. The summed E-state index contributed by atoms with van der Waals surface area (Å²) in [6, 6.07) is 20.3. The Morgan fingerprint density at radius 3 is 2.49 bits per heavy atom. The summed E-state index contributed by atoms with van der Waals surface area (Å²) in [5.41, 5.74) is 3.63. The van der Waals surface area contributed by atoms with E-state index in [9.17, 15) is 13.2 Å². The minimum Gasteiger partial charge on any atom is -0.449 e. The number of carbonyl (C=O) groups is 1. The molecule has 0 saturated carbocycles. The number of carbonyl (C=O) groups excluding carboxylic acids is 1. The van der Waals surface area contributed by atoms with Crippen LogP contribution in [0.5, 0.6) is 0 Å². The average Bonchev–Trinajstić information content (AvgIpc) is 3.36. The van der Waals surface area contributed by atoms with E-state index < -0.39 is 9.84 Å². The third-order valence-corrected chi connectivity index (χ3v) is 7.80. The smallest absolute Gasteiger partial charge is 0.287 e. The lowest BCUT2D eigenvalue weighted by Crippen LogP contribution is -2.47. The van der Waals surface area contributed by atoms with E-state index in [1.54, 1.807) is 30.3 Å². The number of nitrogens with one attached hydrogen (secondary N) is 1. The highest BCUT2D eigenvalue weighted by molar-refractivity contribution is 7.90. The Labute approximate surface area is 216 Å². The van der Waals surface area contributed by atoms with E-state index in [4.69, 9.17) is 4.42 Å². The number of aromatic nitrogens is 1. The predicted molar refractivity (Wildman–Crippen MR) is 144 cm³/mol. The first-order valence-electron chi connectivity index (χ1n) is 12.3. The molecule has 0 spiro atoms. The zero-order valence-electron chi connectivity index (χ0n) is 20.8. The maximum Gasteiger partial charge on any atom is 0.287 e. The van der Waals surface area contributed by atoms with Gasteiger partial charge in [0.15, 0.2) is 21.2 Å². The molecule has 1 fully saturated rings. The number of hydrogen-bond donors (Lipinski definition) is 1. The lowest BCUT2D eigenvalue weighted by atomic mass is 10.2. The first-order chi connectivity index (χ1) is 17.9.